The SMILES string of the molecule is Cn1cc(CN2CC(=O)N3CCN(Cc4cccc5ccccc45)CC3C2=O)c2ccccc21. The number of hydrogen-bond acceptors (Lipinski definition) is 3. The number of para-hydroxylation sites is 1. The second-order valence-electron chi connectivity index (χ2n) is 9.45. The molecule has 0 aliphatic carbocycles. The quantitative estimate of drug-likeness (QED) is 0.477. The minimum Gasteiger partial charge on any atom is -0.350 e. The van der Waals surface area contributed by atoms with Gasteiger partial charge in [0.25, 0.3) is 0 Å². The number of hydrogen-bond donors (Lipinski definition) is 0. The van der Waals surface area contributed by atoms with Crippen LogP contribution in [0.3, 0.4) is 0 Å². The lowest BCUT2D eigenvalue weighted by Crippen LogP contribution is -2.66. The number of rotatable bonds is 4. The molecule has 2 amide bonds. The highest BCUT2D eigenvalue weighted by molar-refractivity contribution is 5.95. The third kappa shape index (κ3) is 3.55. The zero-order valence-electron chi connectivity index (χ0n) is 19.4. The molecule has 6 heteroatoms. The molecule has 0 bridgehead atoms. The first-order valence-electron chi connectivity index (χ1n) is 11.9. The van der Waals surface area contributed by atoms with Gasteiger partial charge in [-0.25, -0.2) is 0 Å². The van der Waals surface area contributed by atoms with Gasteiger partial charge in [-0.3, -0.25) is 14.5 Å². The van der Waals surface area contributed by atoms with Gasteiger partial charge in [0.2, 0.25) is 11.8 Å². The highest BCUT2D eigenvalue weighted by Gasteiger charge is 2.42. The highest BCUT2D eigenvalue weighted by atomic mass is 16.2. The number of carbonyl (C=O) groups excluding carboxylic acids is 2. The average Bonchev–Trinajstić information content (AvgIpc) is 3.18. The van der Waals surface area contributed by atoms with Gasteiger partial charge in [-0.05, 0) is 28.0 Å². The van der Waals surface area contributed by atoms with E-state index < -0.39 is 6.04 Å². The summed E-state index contributed by atoms with van der Waals surface area (Å²) in [6, 6.07) is 22.6. The third-order valence-electron chi connectivity index (χ3n) is 7.32. The Morgan fingerprint density at radius 2 is 1.59 bits per heavy atom. The second kappa shape index (κ2) is 8.29. The Bertz CT molecular complexity index is 1400. The Labute approximate surface area is 199 Å². The van der Waals surface area contributed by atoms with Crippen LogP contribution in [0.4, 0.5) is 0 Å². The Morgan fingerprint density at radius 3 is 2.47 bits per heavy atom. The van der Waals surface area contributed by atoms with Crippen molar-refractivity contribution in [3.63, 3.8) is 0 Å². The monoisotopic (exact) mass is 452 g/mol. The molecular formula is C28H28N4O2. The third-order valence-corrected chi connectivity index (χ3v) is 7.32. The second-order valence-corrected chi connectivity index (χ2v) is 9.45. The van der Waals surface area contributed by atoms with Gasteiger partial charge >= 0.3 is 0 Å². The first-order valence-corrected chi connectivity index (χ1v) is 11.9. The molecule has 2 aliphatic rings. The van der Waals surface area contributed by atoms with Crippen molar-refractivity contribution < 1.29 is 9.59 Å². The molecule has 1 aromatic heterocycles. The van der Waals surface area contributed by atoms with E-state index >= 15 is 0 Å². The van der Waals surface area contributed by atoms with Crippen molar-refractivity contribution in [2.75, 3.05) is 26.2 Å². The first kappa shape index (κ1) is 20.9. The smallest absolute Gasteiger partial charge is 0.247 e. The number of piperazine rings is 2. The van der Waals surface area contributed by atoms with Gasteiger partial charge in [-0.15, -0.1) is 0 Å². The van der Waals surface area contributed by atoms with Crippen molar-refractivity contribution in [1.82, 2.24) is 19.3 Å². The van der Waals surface area contributed by atoms with Gasteiger partial charge < -0.3 is 14.4 Å². The van der Waals surface area contributed by atoms with E-state index in [1.54, 1.807) is 9.80 Å². The number of nitrogens with zero attached hydrogens (tertiary/aromatic N) is 4. The molecule has 6 rings (SSSR count). The summed E-state index contributed by atoms with van der Waals surface area (Å²) in [6.07, 6.45) is 2.07. The van der Waals surface area contributed by atoms with Gasteiger partial charge in [0.05, 0.1) is 0 Å². The van der Waals surface area contributed by atoms with Crippen LogP contribution in [-0.2, 0) is 29.7 Å². The predicted molar refractivity (Wildman–Crippen MR) is 133 cm³/mol. The fourth-order valence-corrected chi connectivity index (χ4v) is 5.60. The summed E-state index contributed by atoms with van der Waals surface area (Å²) < 4.78 is 2.08. The largest absolute Gasteiger partial charge is 0.350 e. The first-order chi connectivity index (χ1) is 16.6. The van der Waals surface area contributed by atoms with Crippen LogP contribution >= 0.6 is 0 Å². The Morgan fingerprint density at radius 1 is 0.824 bits per heavy atom. The van der Waals surface area contributed by atoms with Crippen molar-refractivity contribution in [2.24, 2.45) is 7.05 Å². The molecular weight excluding hydrogens is 424 g/mol. The lowest BCUT2D eigenvalue weighted by atomic mass is 10.0. The van der Waals surface area contributed by atoms with E-state index in [2.05, 4.69) is 70.3 Å². The molecule has 0 saturated carbocycles. The molecule has 0 spiro atoms. The van der Waals surface area contributed by atoms with Crippen LogP contribution in [0.5, 0.6) is 0 Å². The molecule has 3 heterocycles. The maximum absolute atomic E-state index is 13.6. The van der Waals surface area contributed by atoms with Crippen LogP contribution < -0.4 is 0 Å². The standard InChI is InChI=1S/C28H28N4O2/c1-29-15-22(24-11-4-5-12-25(24)29)17-31-19-27(33)32-14-13-30(18-26(32)28(31)34)16-21-9-6-8-20-7-2-3-10-23(20)21/h2-12,15,26H,13-14,16-19H2,1H3. The molecule has 0 radical (unpaired) electrons. The van der Waals surface area contributed by atoms with E-state index in [0.717, 1.165) is 29.6 Å². The van der Waals surface area contributed by atoms with Crippen LogP contribution in [0.2, 0.25) is 0 Å². The number of carbonyl (C=O) groups is 2. The summed E-state index contributed by atoms with van der Waals surface area (Å²) in [5.41, 5.74) is 3.47. The number of amides is 2. The van der Waals surface area contributed by atoms with Crippen molar-refractivity contribution >= 4 is 33.5 Å². The minimum absolute atomic E-state index is 0.0506. The van der Waals surface area contributed by atoms with E-state index in [1.807, 2.05) is 19.2 Å². The molecule has 1 atom stereocenters. The molecule has 34 heavy (non-hydrogen) atoms. The zero-order valence-corrected chi connectivity index (χ0v) is 19.4. The number of aryl methyl sites for hydroxylation is 1. The molecule has 4 aromatic rings. The van der Waals surface area contributed by atoms with E-state index in [-0.39, 0.29) is 18.4 Å². The Balaban J connectivity index is 1.22. The Hall–Kier alpha value is -3.64. The maximum Gasteiger partial charge on any atom is 0.247 e. The summed E-state index contributed by atoms with van der Waals surface area (Å²) in [5.74, 6) is 0.102. The van der Waals surface area contributed by atoms with Crippen molar-refractivity contribution in [3.05, 3.63) is 84.1 Å². The van der Waals surface area contributed by atoms with Gasteiger partial charge in [-0.2, -0.15) is 0 Å². The number of fused-ring (bicyclic) bond motifs is 3. The van der Waals surface area contributed by atoms with Crippen molar-refractivity contribution in [2.45, 2.75) is 19.1 Å². The van der Waals surface area contributed by atoms with Crippen LogP contribution in [0.25, 0.3) is 21.7 Å². The van der Waals surface area contributed by atoms with Crippen molar-refractivity contribution in [3.8, 4) is 0 Å². The summed E-state index contributed by atoms with van der Waals surface area (Å²) in [6.45, 7) is 3.34. The topological polar surface area (TPSA) is 48.8 Å². The molecule has 2 aliphatic heterocycles. The summed E-state index contributed by atoms with van der Waals surface area (Å²) >= 11 is 0. The van der Waals surface area contributed by atoms with Crippen LogP contribution in [0, 0.1) is 0 Å². The van der Waals surface area contributed by atoms with Crippen LogP contribution in [0.1, 0.15) is 11.1 Å². The molecule has 3 aromatic carbocycles. The summed E-state index contributed by atoms with van der Waals surface area (Å²) in [5, 5.41) is 3.61. The fourth-order valence-electron chi connectivity index (χ4n) is 5.60. The van der Waals surface area contributed by atoms with Crippen LogP contribution in [0.15, 0.2) is 72.9 Å². The van der Waals surface area contributed by atoms with Gasteiger partial charge in [-0.1, -0.05) is 60.7 Å². The van der Waals surface area contributed by atoms with E-state index in [4.69, 9.17) is 0 Å². The molecule has 6 nitrogen and oxygen atoms in total. The highest BCUT2D eigenvalue weighted by Crippen LogP contribution is 2.26. The normalized spacial score (nSPS) is 19.3. The lowest BCUT2D eigenvalue weighted by Gasteiger charge is -2.46. The summed E-state index contributed by atoms with van der Waals surface area (Å²) in [4.78, 5) is 32.4. The van der Waals surface area contributed by atoms with E-state index in [0.29, 0.717) is 19.6 Å². The lowest BCUT2D eigenvalue weighted by molar-refractivity contribution is -0.160. The number of aromatic nitrogens is 1. The zero-order chi connectivity index (χ0) is 23.2. The molecule has 1 unspecified atom stereocenters. The fraction of sp³-hybridized carbons (Fsp3) is 0.286. The molecule has 2 fully saturated rings. The summed E-state index contributed by atoms with van der Waals surface area (Å²) in [7, 11) is 2.02. The van der Waals surface area contributed by atoms with E-state index in [1.165, 1.54) is 16.3 Å². The van der Waals surface area contributed by atoms with E-state index in [9.17, 15) is 9.59 Å². The molecule has 0 N–H and O–H groups in total. The van der Waals surface area contributed by atoms with Crippen LogP contribution in [-0.4, -0.2) is 63.3 Å². The Kier molecular flexibility index (Phi) is 5.11. The molecule has 2 saturated heterocycles. The minimum atomic E-state index is -0.417. The van der Waals surface area contributed by atoms with Gasteiger partial charge in [0, 0.05) is 56.9 Å². The number of benzene rings is 3. The molecule has 172 valence electrons. The average molecular weight is 453 g/mol. The van der Waals surface area contributed by atoms with Gasteiger partial charge in [0.1, 0.15) is 12.6 Å². The van der Waals surface area contributed by atoms with Crippen molar-refractivity contribution in [1.29, 1.82) is 0 Å². The predicted octanol–water partition coefficient (Wildman–Crippen LogP) is 3.39. The maximum atomic E-state index is 13.6. The van der Waals surface area contributed by atoms with Gasteiger partial charge in [0.15, 0.2) is 0 Å².